The van der Waals surface area contributed by atoms with Crippen LogP contribution in [0.1, 0.15) is 55.5 Å². The van der Waals surface area contributed by atoms with Gasteiger partial charge in [0.15, 0.2) is 0 Å². The molecule has 2 rings (SSSR count). The number of nitrogens with two attached hydrogens (primary N) is 2. The molecule has 1 heterocycles. The molecule has 1 aromatic rings. The molecule has 1 aliphatic rings. The maximum atomic E-state index is 12.5. The molecule has 1 fully saturated rings. The number of carbonyl (C=O) groups excluding carboxylic acids is 2. The number of likely N-dealkylation sites (tertiary alicyclic amines) is 1. The topological polar surface area (TPSA) is 89.4 Å². The van der Waals surface area contributed by atoms with Crippen molar-refractivity contribution >= 4 is 27.7 Å². The Kier molecular flexibility index (Phi) is 5.71. The zero-order valence-corrected chi connectivity index (χ0v) is 16.1. The lowest BCUT2D eigenvalue weighted by Crippen LogP contribution is -2.52. The molecule has 0 bridgehead atoms. The van der Waals surface area contributed by atoms with Gasteiger partial charge >= 0.3 is 0 Å². The van der Waals surface area contributed by atoms with Crippen molar-refractivity contribution in [3.63, 3.8) is 0 Å². The molecule has 132 valence electrons. The number of halogens is 1. The number of hydrogen-bond donors (Lipinski definition) is 2. The van der Waals surface area contributed by atoms with Crippen LogP contribution in [0.4, 0.5) is 0 Å². The summed E-state index contributed by atoms with van der Waals surface area (Å²) in [7, 11) is 0. The van der Waals surface area contributed by atoms with E-state index in [4.69, 9.17) is 11.5 Å². The molecule has 0 saturated carbocycles. The van der Waals surface area contributed by atoms with Crippen molar-refractivity contribution in [1.29, 1.82) is 0 Å². The molecule has 4 N–H and O–H groups in total. The molecule has 24 heavy (non-hydrogen) atoms. The summed E-state index contributed by atoms with van der Waals surface area (Å²) in [5.74, 6) is -0.184. The van der Waals surface area contributed by atoms with Gasteiger partial charge in [-0.05, 0) is 47.9 Å². The first kappa shape index (κ1) is 18.9. The molecule has 1 aromatic carbocycles. The molecule has 0 spiro atoms. The van der Waals surface area contributed by atoms with Gasteiger partial charge in [-0.3, -0.25) is 9.59 Å². The van der Waals surface area contributed by atoms with Crippen LogP contribution in [0.3, 0.4) is 0 Å². The number of amides is 2. The Morgan fingerprint density at radius 2 is 1.83 bits per heavy atom. The van der Waals surface area contributed by atoms with Crippen LogP contribution < -0.4 is 11.5 Å². The van der Waals surface area contributed by atoms with Gasteiger partial charge in [0, 0.05) is 23.1 Å². The van der Waals surface area contributed by atoms with E-state index < -0.39 is 11.9 Å². The summed E-state index contributed by atoms with van der Waals surface area (Å²) in [5, 5.41) is 0. The zero-order chi connectivity index (χ0) is 18.1. The Morgan fingerprint density at radius 3 is 2.33 bits per heavy atom. The van der Waals surface area contributed by atoms with E-state index in [9.17, 15) is 9.59 Å². The summed E-state index contributed by atoms with van der Waals surface area (Å²) >= 11 is 3.45. The van der Waals surface area contributed by atoms with Gasteiger partial charge in [-0.1, -0.05) is 36.7 Å². The lowest BCUT2D eigenvalue weighted by atomic mass is 9.84. The molecule has 6 heteroatoms. The number of hydrogen-bond acceptors (Lipinski definition) is 3. The van der Waals surface area contributed by atoms with Gasteiger partial charge in [0.2, 0.25) is 11.8 Å². The lowest BCUT2D eigenvalue weighted by molar-refractivity contribution is -0.136. The molecule has 2 amide bonds. The summed E-state index contributed by atoms with van der Waals surface area (Å²) in [6.07, 6.45) is 1.61. The van der Waals surface area contributed by atoms with Gasteiger partial charge in [-0.25, -0.2) is 0 Å². The molecule has 1 saturated heterocycles. The monoisotopic (exact) mass is 395 g/mol. The smallest absolute Gasteiger partial charge is 0.248 e. The summed E-state index contributed by atoms with van der Waals surface area (Å²) in [6.45, 7) is 7.23. The Bertz CT molecular complexity index is 632. The van der Waals surface area contributed by atoms with Gasteiger partial charge in [0.25, 0.3) is 0 Å². The van der Waals surface area contributed by atoms with Gasteiger partial charge < -0.3 is 16.4 Å². The van der Waals surface area contributed by atoms with E-state index in [1.807, 2.05) is 37.8 Å². The van der Waals surface area contributed by atoms with Crippen LogP contribution in [-0.2, 0) is 4.79 Å². The summed E-state index contributed by atoms with van der Waals surface area (Å²) < 4.78 is 0.927. The predicted molar refractivity (Wildman–Crippen MR) is 98.6 cm³/mol. The summed E-state index contributed by atoms with van der Waals surface area (Å²) in [4.78, 5) is 26.1. The van der Waals surface area contributed by atoms with Crippen LogP contribution in [0, 0.1) is 5.41 Å². The molecule has 5 nitrogen and oxygen atoms in total. The number of carbonyl (C=O) groups is 2. The Labute approximate surface area is 151 Å². The standard InChI is InChI=1S/C18H26BrN3O2/c1-18(2,3)15(20)17(24)22-8-6-11(7-9-22)14-10-12(19)4-5-13(14)16(21)23/h4-5,10-11,15H,6-9,20H2,1-3H3,(H2,21,23)/t15-/m1/s1. The minimum Gasteiger partial charge on any atom is -0.366 e. The average molecular weight is 396 g/mol. The van der Waals surface area contributed by atoms with E-state index in [-0.39, 0.29) is 17.2 Å². The van der Waals surface area contributed by atoms with Crippen molar-refractivity contribution < 1.29 is 9.59 Å². The van der Waals surface area contributed by atoms with E-state index in [0.29, 0.717) is 18.7 Å². The third-order valence-electron chi connectivity index (χ3n) is 4.72. The Balaban J connectivity index is 2.10. The quantitative estimate of drug-likeness (QED) is 0.823. The zero-order valence-electron chi connectivity index (χ0n) is 14.5. The van der Waals surface area contributed by atoms with E-state index in [1.165, 1.54) is 0 Å². The minimum absolute atomic E-state index is 0.00492. The Morgan fingerprint density at radius 1 is 1.25 bits per heavy atom. The number of rotatable bonds is 3. The second-order valence-electron chi connectivity index (χ2n) is 7.54. The van der Waals surface area contributed by atoms with Crippen LogP contribution >= 0.6 is 15.9 Å². The fraction of sp³-hybridized carbons (Fsp3) is 0.556. The first-order valence-electron chi connectivity index (χ1n) is 8.25. The third kappa shape index (κ3) is 4.16. The second kappa shape index (κ2) is 7.23. The van der Waals surface area contributed by atoms with Gasteiger partial charge in [-0.2, -0.15) is 0 Å². The molecular weight excluding hydrogens is 370 g/mol. The van der Waals surface area contributed by atoms with Crippen LogP contribution in [0.25, 0.3) is 0 Å². The normalized spacial score (nSPS) is 17.6. The van der Waals surface area contributed by atoms with Crippen LogP contribution in [0.15, 0.2) is 22.7 Å². The highest BCUT2D eigenvalue weighted by Crippen LogP contribution is 2.33. The number of piperidine rings is 1. The van der Waals surface area contributed by atoms with Crippen LogP contribution in [0.5, 0.6) is 0 Å². The molecule has 1 aliphatic heterocycles. The van der Waals surface area contributed by atoms with Gasteiger partial charge in [-0.15, -0.1) is 0 Å². The molecular formula is C18H26BrN3O2. The average Bonchev–Trinajstić information content (AvgIpc) is 2.52. The number of primary amides is 1. The maximum Gasteiger partial charge on any atom is 0.248 e. The highest BCUT2D eigenvalue weighted by atomic mass is 79.9. The number of nitrogens with zero attached hydrogens (tertiary/aromatic N) is 1. The van der Waals surface area contributed by atoms with Crippen molar-refractivity contribution in [2.75, 3.05) is 13.1 Å². The van der Waals surface area contributed by atoms with Crippen molar-refractivity contribution in [1.82, 2.24) is 4.90 Å². The predicted octanol–water partition coefficient (Wildman–Crippen LogP) is 2.63. The lowest BCUT2D eigenvalue weighted by Gasteiger charge is -2.37. The fourth-order valence-corrected chi connectivity index (χ4v) is 3.45. The van der Waals surface area contributed by atoms with Crippen molar-refractivity contribution in [2.45, 2.75) is 45.6 Å². The van der Waals surface area contributed by atoms with E-state index in [2.05, 4.69) is 15.9 Å². The first-order chi connectivity index (χ1) is 11.1. The van der Waals surface area contributed by atoms with Crippen molar-refractivity contribution in [3.8, 4) is 0 Å². The highest BCUT2D eigenvalue weighted by Gasteiger charge is 2.33. The van der Waals surface area contributed by atoms with Crippen LogP contribution in [0.2, 0.25) is 0 Å². The fourth-order valence-electron chi connectivity index (χ4n) is 3.07. The highest BCUT2D eigenvalue weighted by molar-refractivity contribution is 9.10. The number of benzene rings is 1. The van der Waals surface area contributed by atoms with Crippen LogP contribution in [-0.4, -0.2) is 35.8 Å². The summed E-state index contributed by atoms with van der Waals surface area (Å²) in [5.41, 5.74) is 12.9. The molecule has 1 atom stereocenters. The third-order valence-corrected chi connectivity index (χ3v) is 5.22. The SMILES string of the molecule is CC(C)(C)[C@H](N)C(=O)N1CCC(c2cc(Br)ccc2C(N)=O)CC1. The Hall–Kier alpha value is -1.40. The van der Waals surface area contributed by atoms with Gasteiger partial charge in [0.1, 0.15) is 0 Å². The molecule has 0 unspecified atom stereocenters. The van der Waals surface area contributed by atoms with E-state index in [1.54, 1.807) is 6.07 Å². The van der Waals surface area contributed by atoms with E-state index in [0.717, 1.165) is 22.9 Å². The first-order valence-corrected chi connectivity index (χ1v) is 9.04. The van der Waals surface area contributed by atoms with Crippen molar-refractivity contribution in [3.05, 3.63) is 33.8 Å². The molecule has 0 radical (unpaired) electrons. The van der Waals surface area contributed by atoms with Gasteiger partial charge in [0.05, 0.1) is 6.04 Å². The minimum atomic E-state index is -0.499. The molecule has 0 aromatic heterocycles. The van der Waals surface area contributed by atoms with Crippen molar-refractivity contribution in [2.24, 2.45) is 16.9 Å². The molecule has 0 aliphatic carbocycles. The maximum absolute atomic E-state index is 12.5. The summed E-state index contributed by atoms with van der Waals surface area (Å²) in [6, 6.07) is 5.05. The second-order valence-corrected chi connectivity index (χ2v) is 8.45. The largest absolute Gasteiger partial charge is 0.366 e. The van der Waals surface area contributed by atoms with E-state index >= 15 is 0 Å².